The Morgan fingerprint density at radius 1 is 0.538 bits per heavy atom. The first-order valence-electron chi connectivity index (χ1n) is 25.6. The molecule has 0 aromatic carbocycles. The molecule has 17 atom stereocenters. The summed E-state index contributed by atoms with van der Waals surface area (Å²) in [5.41, 5.74) is -2.53. The number of carbonyl (C=O) groups is 1. The molecule has 0 heterocycles. The van der Waals surface area contributed by atoms with Crippen LogP contribution in [0, 0.1) is 34.0 Å². The summed E-state index contributed by atoms with van der Waals surface area (Å²) in [6, 6.07) is 0. The van der Waals surface area contributed by atoms with Gasteiger partial charge >= 0.3 is 5.97 Å². The Hall–Kier alpha value is -4.73. The second-order valence-corrected chi connectivity index (χ2v) is 20.6. The van der Waals surface area contributed by atoms with Crippen LogP contribution in [0.2, 0.25) is 0 Å². The first kappa shape index (κ1) is 65.8. The zero-order chi connectivity index (χ0) is 58.8. The minimum absolute atomic E-state index is 0.166. The Balaban J connectivity index is 1.79. The summed E-state index contributed by atoms with van der Waals surface area (Å²) in [6.07, 6.45) is -23.9. The van der Waals surface area contributed by atoms with E-state index in [1.54, 1.807) is 6.92 Å². The maximum absolute atomic E-state index is 14.6. The van der Waals surface area contributed by atoms with Crippen molar-refractivity contribution in [1.82, 2.24) is 0 Å². The van der Waals surface area contributed by atoms with Crippen molar-refractivity contribution in [3.63, 3.8) is 0 Å². The largest absolute Gasteiger partial charge is 0.506 e. The van der Waals surface area contributed by atoms with E-state index in [1.807, 2.05) is 6.92 Å². The minimum atomic E-state index is -2.73. The number of esters is 1. The molecule has 28 nitrogen and oxygen atoms in total. The van der Waals surface area contributed by atoms with Gasteiger partial charge < -0.3 is 131 Å². The number of aliphatic hydroxyl groups excluding tert-OH is 20. The Bertz CT molecular complexity index is 2190. The van der Waals surface area contributed by atoms with E-state index in [2.05, 4.69) is 11.5 Å². The SMILES string of the molecule is C=C1CC23CCC4C(C)(C(=O)OC(O)/C(OC(O)/C(O)=C(/O)C(O)CCO)=C(/OO)C(O)CCO)CCCC4(C)C2CCC1C3OC(O)/C(OC(O)/C(O)=C(/O)C(O)CC)=C(/OC(O)/C(O)=C(/O)C(O)CCO)C(O)CCO. The summed E-state index contributed by atoms with van der Waals surface area (Å²) in [5.74, 6) is -15.2. The number of ether oxygens (including phenoxy) is 5. The first-order valence-corrected chi connectivity index (χ1v) is 25.6. The fourth-order valence-electron chi connectivity index (χ4n) is 12.0. The fourth-order valence-corrected chi connectivity index (χ4v) is 12.0. The molecule has 0 aliphatic heterocycles. The van der Waals surface area contributed by atoms with Crippen molar-refractivity contribution < 1.29 is 141 Å². The number of carbonyl (C=O) groups excluding carboxylic acids is 1. The van der Waals surface area contributed by atoms with Gasteiger partial charge in [-0.3, -0.25) is 4.79 Å². The molecule has 0 aromatic rings. The van der Waals surface area contributed by atoms with Gasteiger partial charge in [-0.1, -0.05) is 32.4 Å². The number of hydrogen-bond acceptors (Lipinski definition) is 28. The highest BCUT2D eigenvalue weighted by Crippen LogP contribution is 2.73. The zero-order valence-corrected chi connectivity index (χ0v) is 43.6. The molecule has 28 heteroatoms. The van der Waals surface area contributed by atoms with Gasteiger partial charge in [0.2, 0.25) is 35.1 Å². The van der Waals surface area contributed by atoms with Gasteiger partial charge in [-0.2, -0.15) is 0 Å². The van der Waals surface area contributed by atoms with E-state index in [0.29, 0.717) is 37.7 Å². The third kappa shape index (κ3) is 13.9. The maximum atomic E-state index is 14.6. The van der Waals surface area contributed by atoms with Gasteiger partial charge in [0, 0.05) is 63.4 Å². The van der Waals surface area contributed by atoms with Crippen LogP contribution in [-0.2, 0) is 33.4 Å². The van der Waals surface area contributed by atoms with Crippen molar-refractivity contribution in [2.45, 2.75) is 172 Å². The summed E-state index contributed by atoms with van der Waals surface area (Å²) in [7, 11) is 0. The fraction of sp³-hybridized carbons (Fsp3) is 0.740. The van der Waals surface area contributed by atoms with Crippen LogP contribution in [0.5, 0.6) is 0 Å². The molecule has 1 spiro atoms. The standard InChI is InChI=1S/C50H80O28/c1-5-24(55)31(60)34(63)43(67)74-39(37(27(58)12-19-53)73-42(66)35(64)32(61)25(56)10-17-51)45(69)76-41-23-7-8-30-48(3)14-6-15-49(4,29(48)9-16-50(30,41)21-22(23)2)47(71)77-46(70)40(38(78-72)28(59)13-20-54)75-44(68)36(65)33(62)26(57)11-18-52/h23-30,41-46,51-70,72H,2,5-21H2,1,3-4H3/b34-31-,35-32-,36-33-,39-37-,40-38-. The second kappa shape index (κ2) is 28.1. The molecular formula is C50H80O28. The van der Waals surface area contributed by atoms with Gasteiger partial charge in [0.15, 0.2) is 28.8 Å². The van der Waals surface area contributed by atoms with Gasteiger partial charge in [0.1, 0.15) is 30.5 Å². The molecule has 4 aliphatic rings. The van der Waals surface area contributed by atoms with Crippen molar-refractivity contribution in [2.75, 3.05) is 26.4 Å². The average molecular weight is 1130 g/mol. The lowest BCUT2D eigenvalue weighted by atomic mass is 9.40. The molecular weight excluding hydrogens is 1050 g/mol. The van der Waals surface area contributed by atoms with Crippen LogP contribution in [0.4, 0.5) is 0 Å². The predicted molar refractivity (Wildman–Crippen MR) is 261 cm³/mol. The van der Waals surface area contributed by atoms with E-state index >= 15 is 0 Å². The van der Waals surface area contributed by atoms with Crippen molar-refractivity contribution in [3.05, 3.63) is 69.7 Å². The van der Waals surface area contributed by atoms with Crippen LogP contribution < -0.4 is 0 Å². The maximum Gasteiger partial charge on any atom is 0.314 e. The molecule has 4 aliphatic carbocycles. The van der Waals surface area contributed by atoms with E-state index in [0.717, 1.165) is 0 Å². The molecule has 0 amide bonds. The molecule has 0 aromatic heterocycles. The monoisotopic (exact) mass is 1130 g/mol. The summed E-state index contributed by atoms with van der Waals surface area (Å²) < 4.78 is 28.1. The summed E-state index contributed by atoms with van der Waals surface area (Å²) in [6.45, 7) is 6.34. The molecule has 0 radical (unpaired) electrons. The van der Waals surface area contributed by atoms with Gasteiger partial charge in [0.25, 0.3) is 25.2 Å². The molecule has 4 rings (SSSR count). The lowest BCUT2D eigenvalue weighted by Crippen LogP contribution is -2.62. The van der Waals surface area contributed by atoms with Crippen molar-refractivity contribution in [2.24, 2.45) is 34.0 Å². The van der Waals surface area contributed by atoms with Crippen LogP contribution in [0.15, 0.2) is 69.7 Å². The molecule has 21 N–H and O–H groups in total. The Morgan fingerprint density at radius 3 is 1.46 bits per heavy atom. The smallest absolute Gasteiger partial charge is 0.314 e. The van der Waals surface area contributed by atoms with Crippen molar-refractivity contribution in [3.8, 4) is 0 Å². The zero-order valence-electron chi connectivity index (χ0n) is 43.6. The van der Waals surface area contributed by atoms with Crippen LogP contribution in [0.1, 0.15) is 104 Å². The highest BCUT2D eigenvalue weighted by Gasteiger charge is 2.69. The van der Waals surface area contributed by atoms with Gasteiger partial charge in [-0.25, -0.2) is 5.26 Å². The topological polar surface area (TPSA) is 497 Å². The van der Waals surface area contributed by atoms with Crippen molar-refractivity contribution >= 4 is 5.97 Å². The lowest BCUT2D eigenvalue weighted by molar-refractivity contribution is -0.248. The quantitative estimate of drug-likeness (QED) is 0.0110. The Morgan fingerprint density at radius 2 is 0.987 bits per heavy atom. The van der Waals surface area contributed by atoms with E-state index in [1.165, 1.54) is 6.92 Å². The molecule has 4 fully saturated rings. The summed E-state index contributed by atoms with van der Waals surface area (Å²) in [4.78, 5) is 18.9. The normalized spacial score (nSPS) is 30.6. The molecule has 448 valence electrons. The van der Waals surface area contributed by atoms with Gasteiger partial charge in [-0.05, 0) is 75.5 Å². The van der Waals surface area contributed by atoms with Gasteiger partial charge in [0.05, 0.1) is 11.5 Å². The predicted octanol–water partition coefficient (Wildman–Crippen LogP) is -0.225. The Kier molecular flexibility index (Phi) is 23.7. The summed E-state index contributed by atoms with van der Waals surface area (Å²) >= 11 is 0. The van der Waals surface area contributed by atoms with Crippen LogP contribution in [0.25, 0.3) is 0 Å². The van der Waals surface area contributed by atoms with Crippen LogP contribution >= 0.6 is 0 Å². The van der Waals surface area contributed by atoms with E-state index < -0.39 is 212 Å². The van der Waals surface area contributed by atoms with Gasteiger partial charge in [-0.15, -0.1) is 0 Å². The Labute approximate surface area is 448 Å². The second-order valence-electron chi connectivity index (χ2n) is 20.6. The molecule has 4 saturated carbocycles. The average Bonchev–Trinajstić information content (AvgIpc) is 3.71. The highest BCUT2D eigenvalue weighted by atomic mass is 17.1. The lowest BCUT2D eigenvalue weighted by Gasteiger charge is -2.64. The number of rotatable bonds is 30. The molecule has 78 heavy (non-hydrogen) atoms. The first-order chi connectivity index (χ1) is 36.6. The highest BCUT2D eigenvalue weighted by molar-refractivity contribution is 5.77. The minimum Gasteiger partial charge on any atom is -0.506 e. The molecule has 17 unspecified atom stereocenters. The van der Waals surface area contributed by atoms with E-state index in [9.17, 15) is 107 Å². The number of fused-ring (bicyclic) bond motifs is 3. The molecule has 0 saturated heterocycles. The summed E-state index contributed by atoms with van der Waals surface area (Å²) in [5, 5.41) is 219. The van der Waals surface area contributed by atoms with Crippen LogP contribution in [-0.4, -0.2) is 208 Å². The van der Waals surface area contributed by atoms with Crippen LogP contribution in [0.3, 0.4) is 0 Å². The van der Waals surface area contributed by atoms with E-state index in [4.69, 9.17) is 28.8 Å². The number of hydrogen-bond donors (Lipinski definition) is 21. The number of aliphatic hydroxyl groups is 20. The molecule has 2 bridgehead atoms. The third-order valence-corrected chi connectivity index (χ3v) is 15.9. The van der Waals surface area contributed by atoms with Crippen molar-refractivity contribution in [1.29, 1.82) is 0 Å². The third-order valence-electron chi connectivity index (χ3n) is 15.9. The van der Waals surface area contributed by atoms with E-state index in [-0.39, 0.29) is 31.6 Å².